The van der Waals surface area contributed by atoms with Crippen LogP contribution in [0.2, 0.25) is 0 Å². The van der Waals surface area contributed by atoms with E-state index in [1.54, 1.807) is 0 Å². The van der Waals surface area contributed by atoms with Crippen molar-refractivity contribution in [3.05, 3.63) is 47.7 Å². The van der Waals surface area contributed by atoms with Crippen LogP contribution < -0.4 is 0 Å². The van der Waals surface area contributed by atoms with Crippen LogP contribution in [0.15, 0.2) is 40.9 Å². The normalized spacial score (nSPS) is 17.6. The molecule has 0 radical (unpaired) electrons. The van der Waals surface area contributed by atoms with Gasteiger partial charge in [-0.2, -0.15) is 0 Å². The SMILES string of the molecule is CCC1CN(C(=O)c2cc(-c3ccccc3)nc3onc(C)c23)CCO1. The fourth-order valence-corrected chi connectivity index (χ4v) is 3.34. The number of carbonyl (C=O) groups is 1. The van der Waals surface area contributed by atoms with Crippen molar-refractivity contribution < 1.29 is 14.1 Å². The molecule has 0 spiro atoms. The highest BCUT2D eigenvalue weighted by molar-refractivity contribution is 6.07. The van der Waals surface area contributed by atoms with E-state index in [1.165, 1.54) is 0 Å². The third-order valence-corrected chi connectivity index (χ3v) is 4.80. The van der Waals surface area contributed by atoms with Gasteiger partial charge in [0.25, 0.3) is 11.6 Å². The number of amides is 1. The number of hydrogen-bond donors (Lipinski definition) is 0. The van der Waals surface area contributed by atoms with E-state index in [1.807, 2.05) is 48.2 Å². The molecule has 6 nitrogen and oxygen atoms in total. The van der Waals surface area contributed by atoms with Crippen LogP contribution in [0.5, 0.6) is 0 Å². The van der Waals surface area contributed by atoms with Gasteiger partial charge in [-0.05, 0) is 19.4 Å². The van der Waals surface area contributed by atoms with Gasteiger partial charge in [0.1, 0.15) is 0 Å². The predicted molar refractivity (Wildman–Crippen MR) is 97.9 cm³/mol. The van der Waals surface area contributed by atoms with Crippen molar-refractivity contribution in [2.45, 2.75) is 26.4 Å². The van der Waals surface area contributed by atoms with E-state index in [-0.39, 0.29) is 12.0 Å². The molecule has 1 saturated heterocycles. The highest BCUT2D eigenvalue weighted by atomic mass is 16.5. The zero-order valence-electron chi connectivity index (χ0n) is 14.9. The second-order valence-corrected chi connectivity index (χ2v) is 6.52. The predicted octanol–water partition coefficient (Wildman–Crippen LogP) is 3.45. The largest absolute Gasteiger partial charge is 0.375 e. The smallest absolute Gasteiger partial charge is 0.259 e. The number of carbonyl (C=O) groups excluding carboxylic acids is 1. The molecule has 1 aliphatic heterocycles. The highest BCUT2D eigenvalue weighted by Gasteiger charge is 2.27. The molecule has 1 atom stereocenters. The summed E-state index contributed by atoms with van der Waals surface area (Å²) in [6, 6.07) is 11.6. The number of pyridine rings is 1. The fourth-order valence-electron chi connectivity index (χ4n) is 3.34. The van der Waals surface area contributed by atoms with Crippen molar-refractivity contribution in [1.82, 2.24) is 15.0 Å². The summed E-state index contributed by atoms with van der Waals surface area (Å²) in [4.78, 5) is 19.7. The molecule has 4 rings (SSSR count). The Morgan fingerprint density at radius 3 is 2.88 bits per heavy atom. The second kappa shape index (κ2) is 6.88. The Balaban J connectivity index is 1.80. The summed E-state index contributed by atoms with van der Waals surface area (Å²) >= 11 is 0. The first kappa shape index (κ1) is 16.7. The summed E-state index contributed by atoms with van der Waals surface area (Å²) < 4.78 is 11.1. The molecule has 26 heavy (non-hydrogen) atoms. The highest BCUT2D eigenvalue weighted by Crippen LogP contribution is 2.28. The molecular weight excluding hydrogens is 330 g/mol. The molecule has 1 amide bonds. The zero-order chi connectivity index (χ0) is 18.1. The van der Waals surface area contributed by atoms with Crippen LogP contribution >= 0.6 is 0 Å². The number of rotatable bonds is 3. The summed E-state index contributed by atoms with van der Waals surface area (Å²) in [7, 11) is 0. The Morgan fingerprint density at radius 2 is 2.12 bits per heavy atom. The van der Waals surface area contributed by atoms with Crippen LogP contribution in [0.1, 0.15) is 29.4 Å². The average Bonchev–Trinajstić information content (AvgIpc) is 3.08. The van der Waals surface area contributed by atoms with E-state index >= 15 is 0 Å². The minimum atomic E-state index is -0.0253. The summed E-state index contributed by atoms with van der Waals surface area (Å²) in [5.41, 5.74) is 3.30. The maximum atomic E-state index is 13.3. The van der Waals surface area contributed by atoms with Crippen molar-refractivity contribution in [2.24, 2.45) is 0 Å². The van der Waals surface area contributed by atoms with E-state index in [0.717, 1.165) is 12.0 Å². The number of ether oxygens (including phenoxy) is 1. The second-order valence-electron chi connectivity index (χ2n) is 6.52. The lowest BCUT2D eigenvalue weighted by molar-refractivity contribution is -0.0225. The monoisotopic (exact) mass is 351 g/mol. The molecule has 0 N–H and O–H groups in total. The quantitative estimate of drug-likeness (QED) is 0.723. The molecule has 134 valence electrons. The van der Waals surface area contributed by atoms with Gasteiger partial charge in [-0.1, -0.05) is 42.4 Å². The lowest BCUT2D eigenvalue weighted by Crippen LogP contribution is -2.45. The summed E-state index contributed by atoms with van der Waals surface area (Å²) in [5, 5.41) is 4.71. The third-order valence-electron chi connectivity index (χ3n) is 4.80. The summed E-state index contributed by atoms with van der Waals surface area (Å²) in [5.74, 6) is -0.0253. The molecule has 2 aromatic heterocycles. The van der Waals surface area contributed by atoms with Gasteiger partial charge in [0.2, 0.25) is 0 Å². The van der Waals surface area contributed by atoms with Crippen LogP contribution in [0.25, 0.3) is 22.4 Å². The number of aromatic nitrogens is 2. The van der Waals surface area contributed by atoms with Crippen molar-refractivity contribution in [2.75, 3.05) is 19.7 Å². The van der Waals surface area contributed by atoms with Crippen LogP contribution in [-0.4, -0.2) is 46.7 Å². The standard InChI is InChI=1S/C20H21N3O3/c1-3-15-12-23(9-10-25-15)20(24)16-11-17(14-7-5-4-6-8-14)21-19-18(16)13(2)22-26-19/h4-8,11,15H,3,9-10,12H2,1-2H3. The molecule has 3 aromatic rings. The Labute approximate surface area is 151 Å². The van der Waals surface area contributed by atoms with Crippen LogP contribution in [0.4, 0.5) is 0 Å². The molecule has 1 fully saturated rings. The van der Waals surface area contributed by atoms with Crippen LogP contribution in [0.3, 0.4) is 0 Å². The topological polar surface area (TPSA) is 68.5 Å². The maximum Gasteiger partial charge on any atom is 0.259 e. The molecule has 1 aromatic carbocycles. The number of benzene rings is 1. The van der Waals surface area contributed by atoms with Gasteiger partial charge in [-0.15, -0.1) is 0 Å². The van der Waals surface area contributed by atoms with Gasteiger partial charge in [0, 0.05) is 18.7 Å². The molecule has 1 aliphatic rings. The van der Waals surface area contributed by atoms with Crippen molar-refractivity contribution in [1.29, 1.82) is 0 Å². The first-order valence-electron chi connectivity index (χ1n) is 8.90. The van der Waals surface area contributed by atoms with Gasteiger partial charge in [0.15, 0.2) is 0 Å². The van der Waals surface area contributed by atoms with Gasteiger partial charge >= 0.3 is 0 Å². The van der Waals surface area contributed by atoms with Crippen molar-refractivity contribution >= 4 is 17.0 Å². The van der Waals surface area contributed by atoms with Gasteiger partial charge in [-0.3, -0.25) is 4.79 Å². The van der Waals surface area contributed by atoms with E-state index in [0.29, 0.717) is 47.7 Å². The number of aryl methyl sites for hydroxylation is 1. The van der Waals surface area contributed by atoms with E-state index < -0.39 is 0 Å². The molecule has 6 heteroatoms. The Hall–Kier alpha value is -2.73. The molecular formula is C20H21N3O3. The fraction of sp³-hybridized carbons (Fsp3) is 0.350. The summed E-state index contributed by atoms with van der Waals surface area (Å²) in [6.45, 7) is 5.66. The Morgan fingerprint density at radius 1 is 1.31 bits per heavy atom. The average molecular weight is 351 g/mol. The minimum Gasteiger partial charge on any atom is -0.375 e. The third kappa shape index (κ3) is 2.97. The van der Waals surface area contributed by atoms with E-state index in [2.05, 4.69) is 17.1 Å². The first-order chi connectivity index (χ1) is 12.7. The molecule has 0 saturated carbocycles. The Kier molecular flexibility index (Phi) is 4.42. The zero-order valence-corrected chi connectivity index (χ0v) is 14.9. The Bertz CT molecular complexity index is 936. The molecule has 3 heterocycles. The van der Waals surface area contributed by atoms with Gasteiger partial charge in [-0.25, -0.2) is 4.98 Å². The number of nitrogens with zero attached hydrogens (tertiary/aromatic N) is 3. The molecule has 0 bridgehead atoms. The van der Waals surface area contributed by atoms with Crippen LogP contribution in [-0.2, 0) is 4.74 Å². The maximum absolute atomic E-state index is 13.3. The van der Waals surface area contributed by atoms with Gasteiger partial charge < -0.3 is 14.2 Å². The first-order valence-corrected chi connectivity index (χ1v) is 8.90. The lowest BCUT2D eigenvalue weighted by atomic mass is 10.0. The van der Waals surface area contributed by atoms with E-state index in [4.69, 9.17) is 9.26 Å². The lowest BCUT2D eigenvalue weighted by Gasteiger charge is -2.32. The molecule has 1 unspecified atom stereocenters. The number of morpholine rings is 1. The molecule has 0 aliphatic carbocycles. The minimum absolute atomic E-state index is 0.0253. The van der Waals surface area contributed by atoms with Crippen molar-refractivity contribution in [3.8, 4) is 11.3 Å². The van der Waals surface area contributed by atoms with E-state index in [9.17, 15) is 4.79 Å². The van der Waals surface area contributed by atoms with Crippen LogP contribution in [0, 0.1) is 6.92 Å². The number of hydrogen-bond acceptors (Lipinski definition) is 5. The summed E-state index contributed by atoms with van der Waals surface area (Å²) in [6.07, 6.45) is 0.971. The van der Waals surface area contributed by atoms with Crippen molar-refractivity contribution in [3.63, 3.8) is 0 Å². The van der Waals surface area contributed by atoms with Gasteiger partial charge in [0.05, 0.1) is 35.0 Å². The number of fused-ring (bicyclic) bond motifs is 1.